The van der Waals surface area contributed by atoms with Crippen LogP contribution in [0, 0.1) is 17.8 Å². The summed E-state index contributed by atoms with van der Waals surface area (Å²) < 4.78 is 1.06. The molecule has 2 aromatic heterocycles. The number of rotatable bonds is 4. The maximum atomic E-state index is 12.8. The Morgan fingerprint density at radius 1 is 1.21 bits per heavy atom. The van der Waals surface area contributed by atoms with Gasteiger partial charge in [0.2, 0.25) is 17.8 Å². The molecule has 4 atom stereocenters. The predicted octanol–water partition coefficient (Wildman–Crippen LogP) is 1.12. The van der Waals surface area contributed by atoms with Crippen LogP contribution in [0.3, 0.4) is 0 Å². The molecule has 9 heteroatoms. The largest absolute Gasteiger partial charge is 0.369 e. The zero-order valence-corrected chi connectivity index (χ0v) is 14.9. The number of fused-ring (bicyclic) bond motifs is 3. The molecule has 5 rings (SSSR count). The lowest BCUT2D eigenvalue weighted by molar-refractivity contribution is -0.122. The quantitative estimate of drug-likeness (QED) is 0.501. The average Bonchev–Trinajstić information content (AvgIpc) is 3.44. The number of aromatic amines is 1. The van der Waals surface area contributed by atoms with Gasteiger partial charge in [-0.05, 0) is 41.8 Å². The molecule has 2 bridgehead atoms. The molecule has 28 heavy (non-hydrogen) atoms. The maximum absolute atomic E-state index is 12.8. The number of H-pyrrole nitrogens is 1. The minimum absolute atomic E-state index is 0.0200. The lowest BCUT2D eigenvalue weighted by Crippen LogP contribution is -2.41. The second-order valence-corrected chi connectivity index (χ2v) is 7.34. The number of aromatic nitrogens is 4. The van der Waals surface area contributed by atoms with Gasteiger partial charge in [-0.1, -0.05) is 18.2 Å². The number of nitrogens with two attached hydrogens (primary N) is 2. The fourth-order valence-corrected chi connectivity index (χ4v) is 4.39. The molecule has 1 saturated carbocycles. The summed E-state index contributed by atoms with van der Waals surface area (Å²) in [7, 11) is 0. The van der Waals surface area contributed by atoms with Gasteiger partial charge in [0.25, 0.3) is 5.91 Å². The Bertz CT molecular complexity index is 1130. The summed E-state index contributed by atoms with van der Waals surface area (Å²) in [6.07, 6.45) is 6.80. The molecule has 0 aliphatic heterocycles. The first kappa shape index (κ1) is 16.5. The highest BCUT2D eigenvalue weighted by Crippen LogP contribution is 2.44. The third kappa shape index (κ3) is 2.47. The lowest BCUT2D eigenvalue weighted by Gasteiger charge is -2.25. The van der Waals surface area contributed by atoms with E-state index in [0.717, 1.165) is 22.0 Å². The smallest absolute Gasteiger partial charge is 0.281 e. The zero-order valence-electron chi connectivity index (χ0n) is 14.9. The Balaban J connectivity index is 1.41. The van der Waals surface area contributed by atoms with E-state index in [1.165, 1.54) is 0 Å². The van der Waals surface area contributed by atoms with Crippen molar-refractivity contribution in [1.29, 1.82) is 0 Å². The van der Waals surface area contributed by atoms with Crippen LogP contribution in [0.2, 0.25) is 0 Å². The van der Waals surface area contributed by atoms with Crippen LogP contribution in [0.1, 0.15) is 16.8 Å². The maximum Gasteiger partial charge on any atom is 0.281 e. The van der Waals surface area contributed by atoms with E-state index in [9.17, 15) is 9.59 Å². The number of carbonyl (C=O) groups is 2. The highest BCUT2D eigenvalue weighted by atomic mass is 16.2. The van der Waals surface area contributed by atoms with Gasteiger partial charge in [0.1, 0.15) is 0 Å². The summed E-state index contributed by atoms with van der Waals surface area (Å²) in [5.41, 5.74) is 12.8. The zero-order chi connectivity index (χ0) is 19.4. The summed E-state index contributed by atoms with van der Waals surface area (Å²) in [4.78, 5) is 31.9. The minimum Gasteiger partial charge on any atom is -0.369 e. The first-order chi connectivity index (χ1) is 13.5. The predicted molar refractivity (Wildman–Crippen MR) is 103 cm³/mol. The fourth-order valence-electron chi connectivity index (χ4n) is 4.39. The fraction of sp³-hybridized carbons (Fsp3) is 0.263. The number of nitrogen functional groups attached to an aromatic ring is 1. The molecule has 1 fully saturated rings. The van der Waals surface area contributed by atoms with Crippen molar-refractivity contribution in [3.63, 3.8) is 0 Å². The molecule has 142 valence electrons. The van der Waals surface area contributed by atoms with Crippen molar-refractivity contribution in [1.82, 2.24) is 19.7 Å². The van der Waals surface area contributed by atoms with Gasteiger partial charge in [0.05, 0.1) is 5.92 Å². The number of benzene rings is 1. The van der Waals surface area contributed by atoms with Crippen molar-refractivity contribution >= 4 is 34.6 Å². The Hall–Kier alpha value is -3.62. The van der Waals surface area contributed by atoms with Crippen LogP contribution in [-0.2, 0) is 4.79 Å². The van der Waals surface area contributed by atoms with E-state index < -0.39 is 0 Å². The number of nitrogens with one attached hydrogen (secondary N) is 2. The SMILES string of the molecule is NC(=O)C1C2C=CC(C2)C1Nc1nc(N)n(C(=O)c2ccc3cc[nH]c3c2)n1. The van der Waals surface area contributed by atoms with Gasteiger partial charge < -0.3 is 21.8 Å². The number of hydrogen-bond donors (Lipinski definition) is 4. The number of anilines is 2. The van der Waals surface area contributed by atoms with Gasteiger partial charge in [-0.25, -0.2) is 0 Å². The van der Waals surface area contributed by atoms with Crippen LogP contribution >= 0.6 is 0 Å². The molecule has 2 heterocycles. The number of carbonyl (C=O) groups excluding carboxylic acids is 2. The van der Waals surface area contributed by atoms with Gasteiger partial charge in [0, 0.05) is 23.3 Å². The van der Waals surface area contributed by atoms with Crippen LogP contribution in [0.4, 0.5) is 11.9 Å². The van der Waals surface area contributed by atoms with Gasteiger partial charge in [-0.3, -0.25) is 9.59 Å². The summed E-state index contributed by atoms with van der Waals surface area (Å²) in [6, 6.07) is 7.04. The monoisotopic (exact) mass is 377 g/mol. The van der Waals surface area contributed by atoms with Crippen LogP contribution in [0.15, 0.2) is 42.6 Å². The molecule has 3 aromatic rings. The Morgan fingerprint density at radius 3 is 2.86 bits per heavy atom. The van der Waals surface area contributed by atoms with E-state index in [1.807, 2.05) is 24.4 Å². The van der Waals surface area contributed by atoms with Crippen LogP contribution < -0.4 is 16.8 Å². The van der Waals surface area contributed by atoms with Crippen molar-refractivity contribution in [2.75, 3.05) is 11.1 Å². The topological polar surface area (TPSA) is 145 Å². The molecule has 2 aliphatic carbocycles. The van der Waals surface area contributed by atoms with Crippen LogP contribution in [-0.4, -0.2) is 37.6 Å². The van der Waals surface area contributed by atoms with Gasteiger partial charge >= 0.3 is 0 Å². The lowest BCUT2D eigenvalue weighted by atomic mass is 9.88. The van der Waals surface area contributed by atoms with Crippen LogP contribution in [0.5, 0.6) is 0 Å². The molecule has 9 nitrogen and oxygen atoms in total. The van der Waals surface area contributed by atoms with E-state index in [0.29, 0.717) is 5.56 Å². The van der Waals surface area contributed by atoms with Crippen molar-refractivity contribution in [2.45, 2.75) is 12.5 Å². The molecule has 4 unspecified atom stereocenters. The summed E-state index contributed by atoms with van der Waals surface area (Å²) in [6.45, 7) is 0. The molecular formula is C19H19N7O2. The van der Waals surface area contributed by atoms with Gasteiger partial charge in [0.15, 0.2) is 0 Å². The van der Waals surface area contributed by atoms with Crippen molar-refractivity contribution in [2.24, 2.45) is 23.5 Å². The number of allylic oxidation sites excluding steroid dienone is 1. The molecular weight excluding hydrogens is 358 g/mol. The number of hydrogen-bond acceptors (Lipinski definition) is 6. The normalized spacial score (nSPS) is 25.4. The highest BCUT2D eigenvalue weighted by molar-refractivity contribution is 5.99. The first-order valence-electron chi connectivity index (χ1n) is 9.10. The third-order valence-electron chi connectivity index (χ3n) is 5.71. The van der Waals surface area contributed by atoms with E-state index in [-0.39, 0.29) is 47.5 Å². The number of nitrogens with zero attached hydrogens (tertiary/aromatic N) is 3. The molecule has 6 N–H and O–H groups in total. The third-order valence-corrected chi connectivity index (χ3v) is 5.71. The highest BCUT2D eigenvalue weighted by Gasteiger charge is 2.47. The molecule has 2 aliphatic rings. The van der Waals surface area contributed by atoms with E-state index in [1.54, 1.807) is 12.1 Å². The molecule has 1 aromatic carbocycles. The summed E-state index contributed by atoms with van der Waals surface area (Å²) in [5.74, 6) is -0.548. The first-order valence-corrected chi connectivity index (χ1v) is 9.10. The second kappa shape index (κ2) is 5.95. The summed E-state index contributed by atoms with van der Waals surface area (Å²) >= 11 is 0. The molecule has 0 saturated heterocycles. The molecule has 0 spiro atoms. The van der Waals surface area contributed by atoms with E-state index >= 15 is 0 Å². The van der Waals surface area contributed by atoms with E-state index in [2.05, 4.69) is 26.5 Å². The molecule has 0 radical (unpaired) electrons. The van der Waals surface area contributed by atoms with E-state index in [4.69, 9.17) is 11.5 Å². The van der Waals surface area contributed by atoms with Crippen molar-refractivity contribution in [3.8, 4) is 0 Å². The Labute approximate surface area is 159 Å². The minimum atomic E-state index is -0.381. The van der Waals surface area contributed by atoms with Crippen molar-refractivity contribution < 1.29 is 9.59 Å². The number of primary amides is 1. The molecule has 1 amide bonds. The Morgan fingerprint density at radius 2 is 2.04 bits per heavy atom. The second-order valence-electron chi connectivity index (χ2n) is 7.34. The van der Waals surface area contributed by atoms with Gasteiger partial charge in [-0.2, -0.15) is 9.67 Å². The standard InChI is InChI=1S/C19H19N7O2/c20-16(27)14-10-2-3-11(7-10)15(14)23-19-24-18(21)26(25-19)17(28)12-4-1-9-5-6-22-13(9)8-12/h1-6,8,10-11,14-15,22H,7H2,(H2,20,27)(H3,21,23,24,25). The summed E-state index contributed by atoms with van der Waals surface area (Å²) in [5, 5.41) is 8.40. The van der Waals surface area contributed by atoms with Gasteiger partial charge in [-0.15, -0.1) is 5.10 Å². The average molecular weight is 377 g/mol. The number of amides is 1. The van der Waals surface area contributed by atoms with Crippen molar-refractivity contribution in [3.05, 3.63) is 48.2 Å². The van der Waals surface area contributed by atoms with Crippen LogP contribution in [0.25, 0.3) is 10.9 Å². The Kier molecular flexibility index (Phi) is 3.51.